The van der Waals surface area contributed by atoms with E-state index in [-0.39, 0.29) is 11.7 Å². The van der Waals surface area contributed by atoms with Gasteiger partial charge in [-0.1, -0.05) is 60.7 Å². The maximum Gasteiger partial charge on any atom is 0.251 e. The molecule has 166 valence electrons. The molecule has 1 aliphatic heterocycles. The first kappa shape index (κ1) is 22.0. The minimum atomic E-state index is -3.27. The second-order valence-electron chi connectivity index (χ2n) is 7.77. The third kappa shape index (κ3) is 5.55. The summed E-state index contributed by atoms with van der Waals surface area (Å²) in [7, 11) is -3.27. The number of carbonyl (C=O) groups is 1. The van der Waals surface area contributed by atoms with Crippen LogP contribution in [0.1, 0.15) is 33.5 Å². The third-order valence-electron chi connectivity index (χ3n) is 5.35. The zero-order chi connectivity index (χ0) is 22.4. The van der Waals surface area contributed by atoms with Crippen molar-refractivity contribution in [3.05, 3.63) is 101 Å². The number of nitrogens with one attached hydrogen (secondary N) is 1. The van der Waals surface area contributed by atoms with Gasteiger partial charge in [-0.25, -0.2) is 8.42 Å². The Morgan fingerprint density at radius 2 is 1.56 bits per heavy atom. The van der Waals surface area contributed by atoms with Gasteiger partial charge in [0.25, 0.3) is 5.91 Å². The van der Waals surface area contributed by atoms with Crippen molar-refractivity contribution in [2.45, 2.75) is 26.2 Å². The van der Waals surface area contributed by atoms with Gasteiger partial charge in [-0.05, 0) is 41.3 Å². The second kappa shape index (κ2) is 9.97. The van der Waals surface area contributed by atoms with E-state index >= 15 is 0 Å². The Hall–Kier alpha value is -3.16. The van der Waals surface area contributed by atoms with E-state index < -0.39 is 10.0 Å². The van der Waals surface area contributed by atoms with Gasteiger partial charge in [-0.2, -0.15) is 0 Å². The summed E-state index contributed by atoms with van der Waals surface area (Å²) in [4.78, 5) is 12.6. The second-order valence-corrected chi connectivity index (χ2v) is 9.78. The minimum Gasteiger partial charge on any atom is -0.372 e. The number of ether oxygens (including phenoxy) is 1. The summed E-state index contributed by atoms with van der Waals surface area (Å²) < 4.78 is 31.4. The van der Waals surface area contributed by atoms with Crippen LogP contribution in [0.4, 0.5) is 5.69 Å². The van der Waals surface area contributed by atoms with Crippen LogP contribution in [-0.2, 0) is 34.5 Å². The summed E-state index contributed by atoms with van der Waals surface area (Å²) in [5.41, 5.74) is 4.16. The molecule has 0 spiro atoms. The molecule has 4 rings (SSSR count). The molecule has 1 saturated heterocycles. The molecule has 7 heteroatoms. The van der Waals surface area contributed by atoms with Crippen molar-refractivity contribution >= 4 is 21.6 Å². The van der Waals surface area contributed by atoms with Crippen molar-refractivity contribution < 1.29 is 17.9 Å². The van der Waals surface area contributed by atoms with Crippen LogP contribution in [0.3, 0.4) is 0 Å². The lowest BCUT2D eigenvalue weighted by Crippen LogP contribution is -2.26. The van der Waals surface area contributed by atoms with Crippen LogP contribution in [0.15, 0.2) is 78.9 Å². The van der Waals surface area contributed by atoms with Gasteiger partial charge in [0.1, 0.15) is 0 Å². The van der Waals surface area contributed by atoms with Crippen LogP contribution in [0, 0.1) is 0 Å². The highest BCUT2D eigenvalue weighted by Crippen LogP contribution is 2.24. The molecule has 0 aromatic heterocycles. The van der Waals surface area contributed by atoms with Gasteiger partial charge in [-0.15, -0.1) is 0 Å². The van der Waals surface area contributed by atoms with Crippen LogP contribution < -0.4 is 9.62 Å². The van der Waals surface area contributed by atoms with Gasteiger partial charge in [-0.3, -0.25) is 9.10 Å². The van der Waals surface area contributed by atoms with Gasteiger partial charge in [0.05, 0.1) is 24.7 Å². The minimum absolute atomic E-state index is 0.150. The highest BCUT2D eigenvalue weighted by Gasteiger charge is 2.28. The predicted molar refractivity (Wildman–Crippen MR) is 125 cm³/mol. The molecule has 3 aromatic rings. The summed E-state index contributed by atoms with van der Waals surface area (Å²) >= 11 is 0. The monoisotopic (exact) mass is 450 g/mol. The number of rotatable bonds is 8. The van der Waals surface area contributed by atoms with Gasteiger partial charge < -0.3 is 10.1 Å². The fourth-order valence-corrected chi connectivity index (χ4v) is 5.19. The predicted octanol–water partition coefficient (Wildman–Crippen LogP) is 3.87. The maximum absolute atomic E-state index is 12.6. The van der Waals surface area contributed by atoms with Crippen LogP contribution in [0.5, 0.6) is 0 Å². The van der Waals surface area contributed by atoms with E-state index in [0.29, 0.717) is 44.0 Å². The summed E-state index contributed by atoms with van der Waals surface area (Å²) in [5, 5.41) is 2.90. The Kier molecular flexibility index (Phi) is 6.87. The molecule has 0 bridgehead atoms. The summed E-state index contributed by atoms with van der Waals surface area (Å²) in [5.74, 6) is -0.0878. The molecule has 1 aliphatic rings. The van der Waals surface area contributed by atoms with E-state index in [1.165, 1.54) is 4.31 Å². The molecular weight excluding hydrogens is 424 g/mol. The lowest BCUT2D eigenvalue weighted by molar-refractivity contribution is 0.0950. The van der Waals surface area contributed by atoms with Crippen LogP contribution in [0.2, 0.25) is 0 Å². The molecule has 0 unspecified atom stereocenters. The van der Waals surface area contributed by atoms with Gasteiger partial charge in [0, 0.05) is 18.7 Å². The molecule has 3 aromatic carbocycles. The van der Waals surface area contributed by atoms with E-state index in [0.717, 1.165) is 16.7 Å². The maximum atomic E-state index is 12.6. The lowest BCUT2D eigenvalue weighted by Gasteiger charge is -2.17. The first-order chi connectivity index (χ1) is 15.5. The first-order valence-corrected chi connectivity index (χ1v) is 12.2. The number of carbonyl (C=O) groups excluding carboxylic acids is 1. The molecule has 0 saturated carbocycles. The van der Waals surface area contributed by atoms with Crippen LogP contribution >= 0.6 is 0 Å². The molecule has 1 amide bonds. The normalized spacial score (nSPS) is 14.9. The smallest absolute Gasteiger partial charge is 0.251 e. The topological polar surface area (TPSA) is 75.7 Å². The van der Waals surface area contributed by atoms with Crippen LogP contribution in [-0.4, -0.2) is 26.6 Å². The SMILES string of the molecule is O=C(NCc1ccc(COCc2ccccc2)cc1)c1cccc(N2CCCS2(=O)=O)c1. The Morgan fingerprint density at radius 1 is 0.875 bits per heavy atom. The highest BCUT2D eigenvalue weighted by atomic mass is 32.2. The fourth-order valence-electron chi connectivity index (χ4n) is 3.63. The van der Waals surface area contributed by atoms with Crippen molar-refractivity contribution in [1.82, 2.24) is 5.32 Å². The van der Waals surface area contributed by atoms with Crippen molar-refractivity contribution in [3.63, 3.8) is 0 Å². The summed E-state index contributed by atoms with van der Waals surface area (Å²) in [6.07, 6.45) is 0.603. The average Bonchev–Trinajstić information content (AvgIpc) is 3.18. The molecule has 1 heterocycles. The number of nitrogens with zero attached hydrogens (tertiary/aromatic N) is 1. The molecule has 1 N–H and O–H groups in total. The Balaban J connectivity index is 1.29. The zero-order valence-corrected chi connectivity index (χ0v) is 18.6. The number of benzene rings is 3. The first-order valence-electron chi connectivity index (χ1n) is 10.6. The van der Waals surface area contributed by atoms with Crippen molar-refractivity contribution in [2.24, 2.45) is 0 Å². The zero-order valence-electron chi connectivity index (χ0n) is 17.7. The van der Waals surface area contributed by atoms with Crippen molar-refractivity contribution in [3.8, 4) is 0 Å². The Morgan fingerprint density at radius 3 is 2.25 bits per heavy atom. The molecule has 0 aliphatic carbocycles. The van der Waals surface area contributed by atoms with Crippen molar-refractivity contribution in [1.29, 1.82) is 0 Å². The van der Waals surface area contributed by atoms with E-state index in [4.69, 9.17) is 4.74 Å². The molecular formula is C25H26N2O4S. The molecule has 32 heavy (non-hydrogen) atoms. The largest absolute Gasteiger partial charge is 0.372 e. The number of hydrogen-bond acceptors (Lipinski definition) is 4. The number of sulfonamides is 1. The van der Waals surface area contributed by atoms with Crippen molar-refractivity contribution in [2.75, 3.05) is 16.6 Å². The molecule has 6 nitrogen and oxygen atoms in total. The quantitative estimate of drug-likeness (QED) is 0.565. The van der Waals surface area contributed by atoms with E-state index in [2.05, 4.69) is 5.32 Å². The van der Waals surface area contributed by atoms with Gasteiger partial charge in [0.15, 0.2) is 0 Å². The average molecular weight is 451 g/mol. The molecule has 0 radical (unpaired) electrons. The Labute approximate surface area is 188 Å². The Bertz CT molecular complexity index is 1160. The summed E-state index contributed by atoms with van der Waals surface area (Å²) in [6, 6.07) is 24.7. The number of hydrogen-bond donors (Lipinski definition) is 1. The van der Waals surface area contributed by atoms with Gasteiger partial charge >= 0.3 is 0 Å². The summed E-state index contributed by atoms with van der Waals surface area (Å²) in [6.45, 7) is 1.93. The third-order valence-corrected chi connectivity index (χ3v) is 7.22. The van der Waals surface area contributed by atoms with E-state index in [1.807, 2.05) is 54.6 Å². The van der Waals surface area contributed by atoms with E-state index in [1.54, 1.807) is 24.3 Å². The van der Waals surface area contributed by atoms with E-state index in [9.17, 15) is 13.2 Å². The fraction of sp³-hybridized carbons (Fsp3) is 0.240. The highest BCUT2D eigenvalue weighted by molar-refractivity contribution is 7.93. The molecule has 0 atom stereocenters. The van der Waals surface area contributed by atoms with Gasteiger partial charge in [0.2, 0.25) is 10.0 Å². The lowest BCUT2D eigenvalue weighted by atomic mass is 10.1. The number of anilines is 1. The molecule has 1 fully saturated rings. The van der Waals surface area contributed by atoms with Crippen LogP contribution in [0.25, 0.3) is 0 Å². The standard InChI is InChI=1S/C25H26N2O4S/c28-25(23-8-4-9-24(16-23)27-14-5-15-32(27,29)30)26-17-20-10-12-22(13-11-20)19-31-18-21-6-2-1-3-7-21/h1-4,6-13,16H,5,14-15,17-19H2,(H,26,28). The number of amides is 1.